The van der Waals surface area contributed by atoms with Crippen LogP contribution < -0.4 is 0 Å². The van der Waals surface area contributed by atoms with Gasteiger partial charge in [0.1, 0.15) is 18.0 Å². The third-order valence-electron chi connectivity index (χ3n) is 4.59. The maximum atomic E-state index is 13.1. The number of Topliss-reactive ketones (excluding diaryl/α,β-unsaturated/α-hetero) is 1. The summed E-state index contributed by atoms with van der Waals surface area (Å²) < 4.78 is 22.8. The van der Waals surface area contributed by atoms with E-state index in [1.165, 1.54) is 19.2 Å². The van der Waals surface area contributed by atoms with Crippen molar-refractivity contribution >= 4 is 17.8 Å². The predicted octanol–water partition coefficient (Wildman–Crippen LogP) is 2.74. The third kappa shape index (κ3) is 5.28. The molecule has 1 aromatic rings. The van der Waals surface area contributed by atoms with E-state index >= 15 is 0 Å². The highest BCUT2D eigenvalue weighted by Crippen LogP contribution is 2.28. The van der Waals surface area contributed by atoms with E-state index < -0.39 is 12.1 Å². The second-order valence-corrected chi connectivity index (χ2v) is 6.32. The molecule has 0 bridgehead atoms. The van der Waals surface area contributed by atoms with Crippen LogP contribution in [0.4, 0.5) is 9.18 Å². The van der Waals surface area contributed by atoms with Crippen molar-refractivity contribution in [2.24, 2.45) is 5.92 Å². The summed E-state index contributed by atoms with van der Waals surface area (Å²) in [4.78, 5) is 37.6. The molecular formula is C19H24FNO5. The molecule has 0 spiro atoms. The number of halogens is 1. The Morgan fingerprint density at radius 1 is 1.23 bits per heavy atom. The molecule has 0 N–H and O–H groups in total. The zero-order valence-corrected chi connectivity index (χ0v) is 15.1. The van der Waals surface area contributed by atoms with Crippen molar-refractivity contribution in [3.63, 3.8) is 0 Å². The quantitative estimate of drug-likeness (QED) is 0.572. The van der Waals surface area contributed by atoms with E-state index in [1.54, 1.807) is 24.0 Å². The van der Waals surface area contributed by atoms with Crippen LogP contribution in [-0.4, -0.2) is 49.0 Å². The van der Waals surface area contributed by atoms with Crippen molar-refractivity contribution in [1.29, 1.82) is 0 Å². The Morgan fingerprint density at radius 2 is 1.92 bits per heavy atom. The maximum absolute atomic E-state index is 13.1. The molecule has 2 rings (SSSR count). The second kappa shape index (κ2) is 9.31. The van der Waals surface area contributed by atoms with Crippen LogP contribution in [-0.2, 0) is 25.5 Å². The second-order valence-electron chi connectivity index (χ2n) is 6.32. The van der Waals surface area contributed by atoms with Gasteiger partial charge in [0.15, 0.2) is 0 Å². The molecule has 2 atom stereocenters. The molecule has 2 unspecified atom stereocenters. The van der Waals surface area contributed by atoms with Crippen LogP contribution >= 0.6 is 0 Å². The first-order chi connectivity index (χ1) is 12.4. The molecule has 0 aliphatic carbocycles. The first-order valence-electron chi connectivity index (χ1n) is 8.72. The van der Waals surface area contributed by atoms with Gasteiger partial charge in [0.2, 0.25) is 0 Å². The van der Waals surface area contributed by atoms with Crippen LogP contribution in [0.1, 0.15) is 31.7 Å². The number of ether oxygens (including phenoxy) is 2. The molecule has 1 aliphatic rings. The maximum Gasteiger partial charge on any atom is 0.409 e. The molecule has 1 aliphatic heterocycles. The van der Waals surface area contributed by atoms with Gasteiger partial charge in [-0.05, 0) is 43.9 Å². The van der Waals surface area contributed by atoms with E-state index in [9.17, 15) is 18.8 Å². The molecule has 0 saturated carbocycles. The van der Waals surface area contributed by atoms with E-state index in [-0.39, 0.29) is 36.6 Å². The molecule has 0 radical (unpaired) electrons. The number of carbonyl (C=O) groups is 3. The fraction of sp³-hybridized carbons (Fsp3) is 0.526. The number of esters is 1. The van der Waals surface area contributed by atoms with Crippen molar-refractivity contribution in [3.05, 3.63) is 35.6 Å². The lowest BCUT2D eigenvalue weighted by atomic mass is 9.84. The number of rotatable bonds is 6. The summed E-state index contributed by atoms with van der Waals surface area (Å²) in [6.07, 6.45) is 0.699. The van der Waals surface area contributed by atoms with Crippen molar-refractivity contribution in [1.82, 2.24) is 4.90 Å². The van der Waals surface area contributed by atoms with E-state index in [0.29, 0.717) is 25.8 Å². The Hall–Kier alpha value is -2.44. The molecule has 0 aromatic heterocycles. The van der Waals surface area contributed by atoms with Crippen molar-refractivity contribution in [2.45, 2.75) is 38.6 Å². The zero-order valence-electron chi connectivity index (χ0n) is 15.1. The number of carbonyl (C=O) groups excluding carboxylic acids is 3. The number of hydrogen-bond acceptors (Lipinski definition) is 5. The highest BCUT2D eigenvalue weighted by atomic mass is 19.1. The molecule has 1 aromatic carbocycles. The van der Waals surface area contributed by atoms with Crippen molar-refractivity contribution < 1.29 is 28.2 Å². The number of benzene rings is 1. The normalized spacial score (nSPS) is 19.7. The number of hydrogen-bond donors (Lipinski definition) is 0. The van der Waals surface area contributed by atoms with Crippen molar-refractivity contribution in [2.75, 3.05) is 20.3 Å². The molecule has 6 nitrogen and oxygen atoms in total. The van der Waals surface area contributed by atoms with Gasteiger partial charge in [-0.3, -0.25) is 9.59 Å². The summed E-state index contributed by atoms with van der Waals surface area (Å²) in [6, 6.07) is 5.80. The number of likely N-dealkylation sites (tertiary alicyclic amines) is 1. The summed E-state index contributed by atoms with van der Waals surface area (Å²) in [5.74, 6) is -1.34. The van der Waals surface area contributed by atoms with Gasteiger partial charge in [0.05, 0.1) is 13.7 Å². The highest BCUT2D eigenvalue weighted by molar-refractivity contribution is 5.96. The lowest BCUT2D eigenvalue weighted by molar-refractivity contribution is -0.146. The van der Waals surface area contributed by atoms with Crippen LogP contribution in [0.2, 0.25) is 0 Å². The molecule has 1 heterocycles. The van der Waals surface area contributed by atoms with Gasteiger partial charge in [-0.2, -0.15) is 0 Å². The SMILES string of the molecule is CCOC(=O)CC(=O)C1CCN(C(=O)OC)C(Cc2ccc(F)cc2)C1. The van der Waals surface area contributed by atoms with Gasteiger partial charge in [0.25, 0.3) is 0 Å². The Bertz CT molecular complexity index is 646. The van der Waals surface area contributed by atoms with Gasteiger partial charge in [-0.25, -0.2) is 9.18 Å². The Labute approximate surface area is 152 Å². The van der Waals surface area contributed by atoms with Crippen LogP contribution in [0.25, 0.3) is 0 Å². The first kappa shape index (κ1) is 19.9. The van der Waals surface area contributed by atoms with E-state index in [2.05, 4.69) is 0 Å². The minimum atomic E-state index is -0.525. The largest absolute Gasteiger partial charge is 0.466 e. The standard InChI is InChI=1S/C19H24FNO5/c1-3-26-18(23)12-17(22)14-8-9-21(19(24)25-2)16(11-14)10-13-4-6-15(20)7-5-13/h4-7,14,16H,3,8-12H2,1-2H3. The lowest BCUT2D eigenvalue weighted by Crippen LogP contribution is -2.48. The first-order valence-corrected chi connectivity index (χ1v) is 8.72. The molecular weight excluding hydrogens is 341 g/mol. The van der Waals surface area contributed by atoms with E-state index in [1.807, 2.05) is 0 Å². The third-order valence-corrected chi connectivity index (χ3v) is 4.59. The average molecular weight is 365 g/mol. The number of amides is 1. The molecule has 142 valence electrons. The molecule has 1 amide bonds. The predicted molar refractivity (Wildman–Crippen MR) is 92.0 cm³/mol. The van der Waals surface area contributed by atoms with Gasteiger partial charge in [-0.1, -0.05) is 12.1 Å². The monoisotopic (exact) mass is 365 g/mol. The summed E-state index contributed by atoms with van der Waals surface area (Å²) in [7, 11) is 1.31. The fourth-order valence-corrected chi connectivity index (χ4v) is 3.29. The number of piperidine rings is 1. The minimum absolute atomic E-state index is 0.169. The van der Waals surface area contributed by atoms with Gasteiger partial charge >= 0.3 is 12.1 Å². The van der Waals surface area contributed by atoms with Crippen LogP contribution in [0, 0.1) is 11.7 Å². The molecule has 1 fully saturated rings. The van der Waals surface area contributed by atoms with Gasteiger partial charge in [0, 0.05) is 18.5 Å². The van der Waals surface area contributed by atoms with Gasteiger partial charge < -0.3 is 14.4 Å². The Balaban J connectivity index is 2.08. The Kier molecular flexibility index (Phi) is 7.12. The molecule has 1 saturated heterocycles. The minimum Gasteiger partial charge on any atom is -0.466 e. The summed E-state index contributed by atoms with van der Waals surface area (Å²) in [5.41, 5.74) is 0.865. The number of nitrogens with zero attached hydrogens (tertiary/aromatic N) is 1. The van der Waals surface area contributed by atoms with Crippen LogP contribution in [0.5, 0.6) is 0 Å². The van der Waals surface area contributed by atoms with Crippen LogP contribution in [0.15, 0.2) is 24.3 Å². The van der Waals surface area contributed by atoms with Crippen molar-refractivity contribution in [3.8, 4) is 0 Å². The van der Waals surface area contributed by atoms with Gasteiger partial charge in [-0.15, -0.1) is 0 Å². The smallest absolute Gasteiger partial charge is 0.409 e. The number of ketones is 1. The summed E-state index contributed by atoms with van der Waals surface area (Å²) in [6.45, 7) is 2.30. The number of methoxy groups -OCH3 is 1. The topological polar surface area (TPSA) is 72.9 Å². The highest BCUT2D eigenvalue weighted by Gasteiger charge is 2.35. The summed E-state index contributed by atoms with van der Waals surface area (Å²) >= 11 is 0. The zero-order chi connectivity index (χ0) is 19.1. The van der Waals surface area contributed by atoms with E-state index in [4.69, 9.17) is 9.47 Å². The lowest BCUT2D eigenvalue weighted by Gasteiger charge is -2.38. The molecule has 26 heavy (non-hydrogen) atoms. The fourth-order valence-electron chi connectivity index (χ4n) is 3.29. The Morgan fingerprint density at radius 3 is 2.54 bits per heavy atom. The summed E-state index contributed by atoms with van der Waals surface area (Å²) in [5, 5.41) is 0. The van der Waals surface area contributed by atoms with Crippen LogP contribution in [0.3, 0.4) is 0 Å². The molecule has 7 heteroatoms. The van der Waals surface area contributed by atoms with E-state index in [0.717, 1.165) is 5.56 Å². The average Bonchev–Trinajstić information content (AvgIpc) is 2.63.